The molecular formula is C14H19N3O5. The van der Waals surface area contributed by atoms with Crippen molar-refractivity contribution in [2.45, 2.75) is 18.6 Å². The van der Waals surface area contributed by atoms with Gasteiger partial charge in [0.15, 0.2) is 0 Å². The zero-order valence-corrected chi connectivity index (χ0v) is 12.5. The predicted molar refractivity (Wildman–Crippen MR) is 79.4 cm³/mol. The quantitative estimate of drug-likeness (QED) is 0.828. The zero-order chi connectivity index (χ0) is 15.7. The zero-order valence-electron chi connectivity index (χ0n) is 12.5. The summed E-state index contributed by atoms with van der Waals surface area (Å²) in [4.78, 5) is 28.1. The van der Waals surface area contributed by atoms with Crippen LogP contribution in [0.3, 0.4) is 0 Å². The van der Waals surface area contributed by atoms with Gasteiger partial charge in [0, 0.05) is 12.7 Å². The highest BCUT2D eigenvalue weighted by molar-refractivity contribution is 5.84. The summed E-state index contributed by atoms with van der Waals surface area (Å²) in [7, 11) is 1.28. The van der Waals surface area contributed by atoms with E-state index >= 15 is 0 Å². The highest BCUT2D eigenvalue weighted by Gasteiger charge is 2.50. The minimum atomic E-state index is -0.586. The Bertz CT molecular complexity index is 625. The second-order valence-electron chi connectivity index (χ2n) is 5.49. The molecule has 0 aromatic carbocycles. The topological polar surface area (TPSA) is 92.9 Å². The van der Waals surface area contributed by atoms with E-state index in [1.54, 1.807) is 6.07 Å². The number of rotatable bonds is 2. The highest BCUT2D eigenvalue weighted by Crippen LogP contribution is 2.34. The number of morpholine rings is 1. The first-order valence-electron chi connectivity index (χ1n) is 7.12. The van der Waals surface area contributed by atoms with E-state index in [1.807, 2.05) is 11.8 Å². The second kappa shape index (κ2) is 5.62. The molecule has 2 aliphatic heterocycles. The van der Waals surface area contributed by atoms with Gasteiger partial charge in [-0.1, -0.05) is 0 Å². The first-order chi connectivity index (χ1) is 10.6. The van der Waals surface area contributed by atoms with E-state index in [4.69, 9.17) is 9.47 Å². The largest absolute Gasteiger partial charge is 0.453 e. The number of methoxy groups -OCH3 is 1. The van der Waals surface area contributed by atoms with Crippen LogP contribution in [0, 0.1) is 0 Å². The van der Waals surface area contributed by atoms with Crippen molar-refractivity contribution in [3.8, 4) is 0 Å². The van der Waals surface area contributed by atoms with Gasteiger partial charge in [-0.25, -0.2) is 4.79 Å². The van der Waals surface area contributed by atoms with Gasteiger partial charge in [0.25, 0.3) is 5.56 Å². The number of aromatic amines is 1. The molecule has 1 aromatic heterocycles. The summed E-state index contributed by atoms with van der Waals surface area (Å²) in [6.07, 6.45) is 0.854. The summed E-state index contributed by atoms with van der Waals surface area (Å²) in [5, 5.41) is 2.55. The Balaban J connectivity index is 1.88. The third kappa shape index (κ3) is 2.44. The molecule has 2 fully saturated rings. The molecule has 1 spiro atoms. The number of aromatic nitrogens is 1. The van der Waals surface area contributed by atoms with E-state index in [2.05, 4.69) is 15.0 Å². The molecule has 2 saturated heterocycles. The molecule has 2 N–H and O–H groups in total. The molecule has 120 valence electrons. The summed E-state index contributed by atoms with van der Waals surface area (Å²) in [5.41, 5.74) is 0.408. The normalized spacial score (nSPS) is 23.0. The van der Waals surface area contributed by atoms with Gasteiger partial charge >= 0.3 is 6.09 Å². The van der Waals surface area contributed by atoms with Crippen LogP contribution in [0.2, 0.25) is 0 Å². The maximum atomic E-state index is 12.2. The number of hydrogen-bond donors (Lipinski definition) is 2. The van der Waals surface area contributed by atoms with Crippen LogP contribution < -0.4 is 15.8 Å². The lowest BCUT2D eigenvalue weighted by molar-refractivity contribution is -0.228. The van der Waals surface area contributed by atoms with Crippen molar-refractivity contribution in [3.05, 3.63) is 22.6 Å². The molecule has 8 nitrogen and oxygen atoms in total. The Morgan fingerprint density at radius 1 is 1.55 bits per heavy atom. The molecule has 1 aromatic rings. The Hall–Kier alpha value is -2.06. The average Bonchev–Trinajstić information content (AvgIpc) is 2.48. The molecular weight excluding hydrogens is 290 g/mol. The maximum Gasteiger partial charge on any atom is 0.411 e. The standard InChI is InChI=1S/C14H19N3O5/c1-9-14(7-21-8-14)22-4-3-17(9)11-5-10(6-15-12(11)18)16-13(19)20-2/h5-6,9H,3-4,7-8H2,1-2H3,(H,15,18)(H,16,19). The van der Waals surface area contributed by atoms with Gasteiger partial charge in [0.2, 0.25) is 0 Å². The fourth-order valence-electron chi connectivity index (χ4n) is 2.83. The van der Waals surface area contributed by atoms with Crippen LogP contribution >= 0.6 is 0 Å². The lowest BCUT2D eigenvalue weighted by atomic mass is 9.90. The minimum absolute atomic E-state index is 0.00415. The van der Waals surface area contributed by atoms with Crippen LogP contribution in [0.4, 0.5) is 16.2 Å². The smallest absolute Gasteiger partial charge is 0.411 e. The highest BCUT2D eigenvalue weighted by atomic mass is 16.6. The van der Waals surface area contributed by atoms with Gasteiger partial charge in [0.05, 0.1) is 38.7 Å². The van der Waals surface area contributed by atoms with Gasteiger partial charge in [-0.15, -0.1) is 0 Å². The number of nitrogens with one attached hydrogen (secondary N) is 2. The first kappa shape index (κ1) is 14.9. The van der Waals surface area contributed by atoms with Gasteiger partial charge < -0.3 is 24.1 Å². The van der Waals surface area contributed by atoms with Crippen molar-refractivity contribution < 1.29 is 19.0 Å². The third-order valence-corrected chi connectivity index (χ3v) is 4.27. The molecule has 22 heavy (non-hydrogen) atoms. The van der Waals surface area contributed by atoms with Gasteiger partial charge in [-0.3, -0.25) is 10.1 Å². The number of hydrogen-bond acceptors (Lipinski definition) is 6. The van der Waals surface area contributed by atoms with Crippen molar-refractivity contribution in [3.63, 3.8) is 0 Å². The number of carbonyl (C=O) groups excluding carboxylic acids is 1. The molecule has 3 rings (SSSR count). The Morgan fingerprint density at radius 2 is 2.32 bits per heavy atom. The molecule has 0 aliphatic carbocycles. The van der Waals surface area contributed by atoms with E-state index in [0.717, 1.165) is 0 Å². The predicted octanol–water partition coefficient (Wildman–Crippen LogP) is 0.547. The molecule has 3 heterocycles. The van der Waals surface area contributed by atoms with E-state index < -0.39 is 6.09 Å². The van der Waals surface area contributed by atoms with Crippen LogP contribution in [-0.2, 0) is 14.2 Å². The van der Waals surface area contributed by atoms with Crippen molar-refractivity contribution in [2.75, 3.05) is 43.7 Å². The van der Waals surface area contributed by atoms with Crippen molar-refractivity contribution in [2.24, 2.45) is 0 Å². The fourth-order valence-corrected chi connectivity index (χ4v) is 2.83. The van der Waals surface area contributed by atoms with Gasteiger partial charge in [-0.05, 0) is 13.0 Å². The number of anilines is 2. The van der Waals surface area contributed by atoms with Crippen LogP contribution in [0.5, 0.6) is 0 Å². The number of carbonyl (C=O) groups is 1. The maximum absolute atomic E-state index is 12.2. The van der Waals surface area contributed by atoms with Crippen molar-refractivity contribution >= 4 is 17.5 Å². The van der Waals surface area contributed by atoms with Crippen LogP contribution in [0.15, 0.2) is 17.1 Å². The number of ether oxygens (including phenoxy) is 3. The minimum Gasteiger partial charge on any atom is -0.453 e. The molecule has 0 bridgehead atoms. The molecule has 0 radical (unpaired) electrons. The first-order valence-corrected chi connectivity index (χ1v) is 7.12. The monoisotopic (exact) mass is 309 g/mol. The summed E-state index contributed by atoms with van der Waals surface area (Å²) in [6, 6.07) is 1.65. The van der Waals surface area contributed by atoms with Gasteiger partial charge in [-0.2, -0.15) is 0 Å². The number of amides is 1. The van der Waals surface area contributed by atoms with Crippen molar-refractivity contribution in [1.29, 1.82) is 0 Å². The van der Waals surface area contributed by atoms with Crippen LogP contribution in [-0.4, -0.2) is 56.2 Å². The molecule has 1 unspecified atom stereocenters. The molecule has 0 saturated carbocycles. The third-order valence-electron chi connectivity index (χ3n) is 4.27. The summed E-state index contributed by atoms with van der Waals surface area (Å²) in [6.45, 7) is 4.21. The Labute approximate surface area is 127 Å². The Morgan fingerprint density at radius 3 is 2.95 bits per heavy atom. The summed E-state index contributed by atoms with van der Waals surface area (Å²) < 4.78 is 15.7. The molecule has 1 atom stereocenters. The number of nitrogens with zero attached hydrogens (tertiary/aromatic N) is 1. The molecule has 2 aliphatic rings. The van der Waals surface area contributed by atoms with Crippen LogP contribution in [0.25, 0.3) is 0 Å². The van der Waals surface area contributed by atoms with Gasteiger partial charge in [0.1, 0.15) is 11.3 Å². The second-order valence-corrected chi connectivity index (χ2v) is 5.49. The van der Waals surface area contributed by atoms with Crippen LogP contribution in [0.1, 0.15) is 6.92 Å². The van der Waals surface area contributed by atoms with E-state index in [9.17, 15) is 9.59 Å². The molecule has 8 heteroatoms. The van der Waals surface area contributed by atoms with E-state index in [1.165, 1.54) is 13.3 Å². The average molecular weight is 309 g/mol. The summed E-state index contributed by atoms with van der Waals surface area (Å²) in [5.74, 6) is 0. The summed E-state index contributed by atoms with van der Waals surface area (Å²) >= 11 is 0. The van der Waals surface area contributed by atoms with Crippen molar-refractivity contribution in [1.82, 2.24) is 4.98 Å². The lowest BCUT2D eigenvalue weighted by Gasteiger charge is -2.53. The Kier molecular flexibility index (Phi) is 3.79. The number of H-pyrrole nitrogens is 1. The molecule has 1 amide bonds. The SMILES string of the molecule is COC(=O)Nc1c[nH]c(=O)c(N2CCOC3(COC3)C2C)c1. The van der Waals surface area contributed by atoms with E-state index in [0.29, 0.717) is 37.7 Å². The van der Waals surface area contributed by atoms with E-state index in [-0.39, 0.29) is 17.2 Å². The lowest BCUT2D eigenvalue weighted by Crippen LogP contribution is -2.68. The number of pyridine rings is 1. The fraction of sp³-hybridized carbons (Fsp3) is 0.571.